The highest BCUT2D eigenvalue weighted by atomic mass is 35.5. The van der Waals surface area contributed by atoms with E-state index in [0.717, 1.165) is 0 Å². The van der Waals surface area contributed by atoms with Crippen LogP contribution in [0.15, 0.2) is 49.2 Å². The summed E-state index contributed by atoms with van der Waals surface area (Å²) in [5, 5.41) is 9.26. The summed E-state index contributed by atoms with van der Waals surface area (Å²) in [6.45, 7) is 3.75. The molecule has 0 atom stereocenters. The highest BCUT2D eigenvalue weighted by Gasteiger charge is 2.13. The maximum atomic E-state index is 12.2. The van der Waals surface area contributed by atoms with Gasteiger partial charge in [-0.1, -0.05) is 18.2 Å². The SMILES string of the molecule is C=C(C(=O)c1ccc(Cl)cc1)c1ccc(C#N)cn1. The number of allylic oxidation sites excluding steroid dienone is 1. The van der Waals surface area contributed by atoms with Crippen LogP contribution >= 0.6 is 11.6 Å². The third-order valence-electron chi connectivity index (χ3n) is 2.58. The molecule has 1 aromatic heterocycles. The first-order valence-electron chi connectivity index (χ1n) is 5.47. The molecule has 0 unspecified atom stereocenters. The molecule has 0 aliphatic heterocycles. The molecule has 0 spiro atoms. The van der Waals surface area contributed by atoms with Crippen LogP contribution in [0.2, 0.25) is 5.02 Å². The summed E-state index contributed by atoms with van der Waals surface area (Å²) in [5.41, 5.74) is 1.68. The van der Waals surface area contributed by atoms with Gasteiger partial charge in [-0.15, -0.1) is 0 Å². The Labute approximate surface area is 115 Å². The molecule has 0 amide bonds. The van der Waals surface area contributed by atoms with Crippen LogP contribution in [0.4, 0.5) is 0 Å². The van der Waals surface area contributed by atoms with E-state index in [2.05, 4.69) is 11.6 Å². The lowest BCUT2D eigenvalue weighted by molar-refractivity contribution is 0.105. The molecule has 0 N–H and O–H groups in total. The Bertz CT molecular complexity index is 667. The maximum absolute atomic E-state index is 12.2. The van der Waals surface area contributed by atoms with Gasteiger partial charge in [-0.05, 0) is 36.4 Å². The number of benzene rings is 1. The molecule has 1 heterocycles. The van der Waals surface area contributed by atoms with Crippen LogP contribution in [0.5, 0.6) is 0 Å². The number of nitriles is 1. The number of aromatic nitrogens is 1. The normalized spacial score (nSPS) is 9.68. The van der Waals surface area contributed by atoms with Crippen molar-refractivity contribution >= 4 is 23.0 Å². The van der Waals surface area contributed by atoms with Crippen LogP contribution in [-0.2, 0) is 0 Å². The minimum absolute atomic E-state index is 0.214. The number of rotatable bonds is 3. The average molecular weight is 269 g/mol. The predicted octanol–water partition coefficient (Wildman–Crippen LogP) is 3.50. The van der Waals surface area contributed by atoms with E-state index in [9.17, 15) is 4.79 Å². The minimum Gasteiger partial charge on any atom is -0.289 e. The number of carbonyl (C=O) groups is 1. The average Bonchev–Trinajstić information content (AvgIpc) is 2.46. The summed E-state index contributed by atoms with van der Waals surface area (Å²) in [4.78, 5) is 16.2. The van der Waals surface area contributed by atoms with Gasteiger partial charge in [-0.25, -0.2) is 0 Å². The van der Waals surface area contributed by atoms with Crippen molar-refractivity contribution in [2.75, 3.05) is 0 Å². The second kappa shape index (κ2) is 5.47. The molecule has 1 aromatic carbocycles. The van der Waals surface area contributed by atoms with E-state index in [4.69, 9.17) is 16.9 Å². The first-order valence-corrected chi connectivity index (χ1v) is 5.85. The first-order chi connectivity index (χ1) is 9.11. The van der Waals surface area contributed by atoms with Crippen molar-refractivity contribution in [1.82, 2.24) is 4.98 Å². The molecule has 0 bridgehead atoms. The number of Topliss-reactive ketones (excluding diaryl/α,β-unsaturated/α-hetero) is 1. The van der Waals surface area contributed by atoms with E-state index in [1.807, 2.05) is 6.07 Å². The summed E-state index contributed by atoms with van der Waals surface area (Å²) in [6.07, 6.45) is 1.41. The van der Waals surface area contributed by atoms with Crippen molar-refractivity contribution in [2.45, 2.75) is 0 Å². The molecule has 0 radical (unpaired) electrons. The summed E-state index contributed by atoms with van der Waals surface area (Å²) in [5.74, 6) is -0.214. The maximum Gasteiger partial charge on any atom is 0.194 e. The third-order valence-corrected chi connectivity index (χ3v) is 2.83. The number of ketones is 1. The lowest BCUT2D eigenvalue weighted by Gasteiger charge is -2.04. The van der Waals surface area contributed by atoms with Crippen molar-refractivity contribution in [1.29, 1.82) is 5.26 Å². The Morgan fingerprint density at radius 1 is 1.21 bits per heavy atom. The van der Waals surface area contributed by atoms with E-state index in [0.29, 0.717) is 21.8 Å². The molecule has 0 aliphatic carbocycles. The molecule has 92 valence electrons. The van der Waals surface area contributed by atoms with E-state index in [1.54, 1.807) is 36.4 Å². The van der Waals surface area contributed by atoms with Crippen molar-refractivity contribution in [3.63, 3.8) is 0 Å². The van der Waals surface area contributed by atoms with Crippen LogP contribution in [0.3, 0.4) is 0 Å². The monoisotopic (exact) mass is 268 g/mol. The summed E-state index contributed by atoms with van der Waals surface area (Å²) in [7, 11) is 0. The number of hydrogen-bond acceptors (Lipinski definition) is 3. The Morgan fingerprint density at radius 2 is 1.89 bits per heavy atom. The fourth-order valence-electron chi connectivity index (χ4n) is 1.53. The fourth-order valence-corrected chi connectivity index (χ4v) is 1.66. The largest absolute Gasteiger partial charge is 0.289 e. The second-order valence-electron chi connectivity index (χ2n) is 3.86. The molecule has 4 heteroatoms. The lowest BCUT2D eigenvalue weighted by atomic mass is 10.0. The topological polar surface area (TPSA) is 53.8 Å². The molecule has 3 nitrogen and oxygen atoms in total. The highest BCUT2D eigenvalue weighted by Crippen LogP contribution is 2.18. The highest BCUT2D eigenvalue weighted by molar-refractivity contribution is 6.31. The Morgan fingerprint density at radius 3 is 2.42 bits per heavy atom. The van der Waals surface area contributed by atoms with Crippen molar-refractivity contribution in [3.8, 4) is 6.07 Å². The van der Waals surface area contributed by atoms with Gasteiger partial charge in [0, 0.05) is 22.4 Å². The van der Waals surface area contributed by atoms with Crippen molar-refractivity contribution in [2.24, 2.45) is 0 Å². The Hall–Kier alpha value is -2.44. The second-order valence-corrected chi connectivity index (χ2v) is 4.29. The fraction of sp³-hybridized carbons (Fsp3) is 0. The molecule has 2 rings (SSSR count). The summed E-state index contributed by atoms with van der Waals surface area (Å²) >= 11 is 5.77. The van der Waals surface area contributed by atoms with Gasteiger partial charge in [-0.2, -0.15) is 5.26 Å². The zero-order valence-electron chi connectivity index (χ0n) is 9.93. The molecular weight excluding hydrogens is 260 g/mol. The molecule has 0 aliphatic rings. The first kappa shape index (κ1) is 13.0. The minimum atomic E-state index is -0.214. The van der Waals surface area contributed by atoms with Crippen LogP contribution in [0.25, 0.3) is 5.57 Å². The van der Waals surface area contributed by atoms with Gasteiger partial charge < -0.3 is 0 Å². The molecule has 0 saturated heterocycles. The van der Waals surface area contributed by atoms with Gasteiger partial charge in [0.15, 0.2) is 5.78 Å². The van der Waals surface area contributed by atoms with Gasteiger partial charge in [0.05, 0.1) is 11.3 Å². The van der Waals surface area contributed by atoms with Crippen molar-refractivity contribution < 1.29 is 4.79 Å². The van der Waals surface area contributed by atoms with E-state index >= 15 is 0 Å². The molecule has 0 fully saturated rings. The third kappa shape index (κ3) is 2.87. The summed E-state index contributed by atoms with van der Waals surface area (Å²) in [6, 6.07) is 11.7. The van der Waals surface area contributed by atoms with Crippen LogP contribution in [-0.4, -0.2) is 10.8 Å². The standard InChI is InChI=1S/C15H9ClN2O/c1-10(14-7-2-11(8-17)9-18-14)15(19)12-3-5-13(16)6-4-12/h2-7,9H,1H2. The Balaban J connectivity index is 2.26. The van der Waals surface area contributed by atoms with Gasteiger partial charge in [0.2, 0.25) is 0 Å². The van der Waals surface area contributed by atoms with E-state index < -0.39 is 0 Å². The smallest absolute Gasteiger partial charge is 0.194 e. The lowest BCUT2D eigenvalue weighted by Crippen LogP contribution is -2.03. The zero-order chi connectivity index (χ0) is 13.8. The number of nitrogens with zero attached hydrogens (tertiary/aromatic N) is 2. The quantitative estimate of drug-likeness (QED) is 0.632. The van der Waals surface area contributed by atoms with Gasteiger partial charge >= 0.3 is 0 Å². The number of halogens is 1. The van der Waals surface area contributed by atoms with Gasteiger partial charge in [0.25, 0.3) is 0 Å². The van der Waals surface area contributed by atoms with Gasteiger partial charge in [0.1, 0.15) is 6.07 Å². The van der Waals surface area contributed by atoms with Crippen LogP contribution < -0.4 is 0 Å². The van der Waals surface area contributed by atoms with E-state index in [1.165, 1.54) is 6.20 Å². The van der Waals surface area contributed by atoms with Crippen molar-refractivity contribution in [3.05, 3.63) is 71.0 Å². The molecule has 19 heavy (non-hydrogen) atoms. The molecule has 0 saturated carbocycles. The molecule has 2 aromatic rings. The van der Waals surface area contributed by atoms with Gasteiger partial charge in [-0.3, -0.25) is 9.78 Å². The van der Waals surface area contributed by atoms with Crippen LogP contribution in [0, 0.1) is 11.3 Å². The van der Waals surface area contributed by atoms with E-state index in [-0.39, 0.29) is 11.4 Å². The van der Waals surface area contributed by atoms with Crippen LogP contribution in [0.1, 0.15) is 21.6 Å². The predicted molar refractivity (Wildman–Crippen MR) is 73.8 cm³/mol. The summed E-state index contributed by atoms with van der Waals surface area (Å²) < 4.78 is 0. The molecular formula is C15H9ClN2O. The number of pyridine rings is 1. The number of hydrogen-bond donors (Lipinski definition) is 0. The number of carbonyl (C=O) groups excluding carboxylic acids is 1. The zero-order valence-corrected chi connectivity index (χ0v) is 10.7. The Kier molecular flexibility index (Phi) is 3.74.